The molecular formula is C6H8O7P2. The number of rotatable bonds is 4. The Hall–Kier alpha value is -0.520. The van der Waals surface area contributed by atoms with Gasteiger partial charge in [0.25, 0.3) is 0 Å². The molecule has 0 spiro atoms. The van der Waals surface area contributed by atoms with Gasteiger partial charge in [-0.25, -0.2) is 4.57 Å². The van der Waals surface area contributed by atoms with Gasteiger partial charge in [-0.2, -0.15) is 0 Å². The van der Waals surface area contributed by atoms with E-state index in [1.807, 2.05) is 0 Å². The fraction of sp³-hybridized carbons (Fsp3) is 0. The van der Waals surface area contributed by atoms with E-state index in [9.17, 15) is 14.0 Å². The summed E-state index contributed by atoms with van der Waals surface area (Å²) in [5.41, 5.74) is 0. The van der Waals surface area contributed by atoms with Crippen LogP contribution in [0.1, 0.15) is 0 Å². The Balaban J connectivity index is 2.77. The van der Waals surface area contributed by atoms with Crippen LogP contribution in [0.25, 0.3) is 0 Å². The Bertz CT molecular complexity index is 411. The van der Waals surface area contributed by atoms with Gasteiger partial charge in [-0.1, -0.05) is 18.2 Å². The second-order valence-electron chi connectivity index (χ2n) is 2.50. The van der Waals surface area contributed by atoms with Gasteiger partial charge in [0, 0.05) is 0 Å². The van der Waals surface area contributed by atoms with Crippen LogP contribution in [-0.2, 0) is 18.5 Å². The van der Waals surface area contributed by atoms with Gasteiger partial charge in [0.05, 0.1) is 5.30 Å². The molecule has 1 rings (SSSR count). The maximum Gasteiger partial charge on any atom is 0.497 e. The molecule has 0 amide bonds. The molecular weight excluding hydrogens is 246 g/mol. The molecule has 0 heterocycles. The molecule has 1 aromatic carbocycles. The first kappa shape index (κ1) is 12.5. The molecule has 3 N–H and O–H groups in total. The lowest BCUT2D eigenvalue weighted by atomic mass is 10.4. The van der Waals surface area contributed by atoms with E-state index in [4.69, 9.17) is 9.79 Å². The highest BCUT2D eigenvalue weighted by Gasteiger charge is 2.28. The Kier molecular flexibility index (Phi) is 3.81. The molecule has 9 heteroatoms. The van der Waals surface area contributed by atoms with E-state index in [0.29, 0.717) is 0 Å². The summed E-state index contributed by atoms with van der Waals surface area (Å²) in [5, 5.41) is -0.126. The van der Waals surface area contributed by atoms with Crippen molar-refractivity contribution in [1.29, 1.82) is 0 Å². The smallest absolute Gasteiger partial charge is 0.319 e. The summed E-state index contributed by atoms with van der Waals surface area (Å²) in [5.74, 6) is 0. The van der Waals surface area contributed by atoms with Gasteiger partial charge in [-0.15, -0.1) is 9.35 Å². The predicted octanol–water partition coefficient (Wildman–Crippen LogP) is 0.538. The van der Waals surface area contributed by atoms with Crippen molar-refractivity contribution in [3.63, 3.8) is 0 Å². The van der Waals surface area contributed by atoms with Crippen molar-refractivity contribution >= 4 is 20.7 Å². The average molecular weight is 254 g/mol. The van der Waals surface area contributed by atoms with Crippen molar-refractivity contribution in [1.82, 2.24) is 0 Å². The van der Waals surface area contributed by atoms with E-state index >= 15 is 0 Å². The molecule has 0 aliphatic rings. The van der Waals surface area contributed by atoms with Crippen LogP contribution in [0.3, 0.4) is 0 Å². The Morgan fingerprint density at radius 1 is 0.933 bits per heavy atom. The first-order valence-corrected chi connectivity index (χ1v) is 6.74. The lowest BCUT2D eigenvalue weighted by molar-refractivity contribution is -0.128. The molecule has 0 aromatic heterocycles. The van der Waals surface area contributed by atoms with Gasteiger partial charge >= 0.3 is 15.4 Å². The highest BCUT2D eigenvalue weighted by Crippen LogP contribution is 2.47. The molecule has 0 saturated carbocycles. The average Bonchev–Trinajstić information content (AvgIpc) is 2.16. The van der Waals surface area contributed by atoms with Crippen molar-refractivity contribution in [2.75, 3.05) is 0 Å². The third-order valence-corrected chi connectivity index (χ3v) is 2.93. The van der Waals surface area contributed by atoms with Crippen LogP contribution in [0.2, 0.25) is 0 Å². The fourth-order valence-electron chi connectivity index (χ4n) is 0.748. The maximum absolute atomic E-state index is 11.3. The minimum atomic E-state index is -4.94. The second kappa shape index (κ2) is 4.55. The molecule has 1 unspecified atom stereocenters. The van der Waals surface area contributed by atoms with Crippen molar-refractivity contribution < 1.29 is 33.2 Å². The van der Waals surface area contributed by atoms with Crippen LogP contribution >= 0.6 is 15.4 Å². The molecule has 1 atom stereocenters. The molecule has 0 radical (unpaired) electrons. The fourth-order valence-corrected chi connectivity index (χ4v) is 2.09. The summed E-state index contributed by atoms with van der Waals surface area (Å²) in [7, 11) is -9.29. The van der Waals surface area contributed by atoms with Crippen LogP contribution < -0.4 is 5.30 Å². The van der Waals surface area contributed by atoms with Gasteiger partial charge in [0.2, 0.25) is 0 Å². The van der Waals surface area contributed by atoms with Crippen LogP contribution in [0, 0.1) is 0 Å². The first-order chi connectivity index (χ1) is 6.81. The minimum Gasteiger partial charge on any atom is -0.319 e. The van der Waals surface area contributed by atoms with Crippen LogP contribution in [-0.4, -0.2) is 14.7 Å². The van der Waals surface area contributed by atoms with E-state index in [1.54, 1.807) is 6.07 Å². The Morgan fingerprint density at radius 3 is 1.93 bits per heavy atom. The first-order valence-electron chi connectivity index (χ1n) is 3.63. The van der Waals surface area contributed by atoms with Gasteiger partial charge < -0.3 is 14.7 Å². The molecule has 0 aliphatic carbocycles. The summed E-state index contributed by atoms with van der Waals surface area (Å²) >= 11 is 0. The lowest BCUT2D eigenvalue weighted by Crippen LogP contribution is -2.06. The summed E-state index contributed by atoms with van der Waals surface area (Å²) < 4.78 is 28.9. The van der Waals surface area contributed by atoms with Crippen LogP contribution in [0.15, 0.2) is 30.3 Å². The number of hydrogen-bond donors (Lipinski definition) is 3. The molecule has 15 heavy (non-hydrogen) atoms. The zero-order chi connectivity index (χ0) is 11.5. The molecule has 7 nitrogen and oxygen atoms in total. The molecule has 1 aromatic rings. The monoisotopic (exact) mass is 254 g/mol. The largest absolute Gasteiger partial charge is 0.497 e. The standard InChI is InChI=1S/C6H8O7P2/c7-14(8,12-13-15(9,10)11)6-4-2-1-3-5-6/h1-5H,(H,7,8)(H2,9,10,11). The van der Waals surface area contributed by atoms with Gasteiger partial charge in [0.1, 0.15) is 0 Å². The minimum absolute atomic E-state index is 0.126. The lowest BCUT2D eigenvalue weighted by Gasteiger charge is -2.10. The van der Waals surface area contributed by atoms with E-state index in [1.165, 1.54) is 24.3 Å². The van der Waals surface area contributed by atoms with Crippen LogP contribution in [0.5, 0.6) is 0 Å². The van der Waals surface area contributed by atoms with E-state index in [0.717, 1.165) is 0 Å². The quantitative estimate of drug-likeness (QED) is 0.408. The maximum atomic E-state index is 11.3. The third-order valence-electron chi connectivity index (χ3n) is 1.31. The van der Waals surface area contributed by atoms with Crippen LogP contribution in [0.4, 0.5) is 0 Å². The zero-order valence-corrected chi connectivity index (χ0v) is 9.04. The Labute approximate surface area is 85.0 Å². The van der Waals surface area contributed by atoms with E-state index in [2.05, 4.69) is 9.35 Å². The summed E-state index contributed by atoms with van der Waals surface area (Å²) in [6, 6.07) is 7.08. The number of phosphoric acid groups is 1. The predicted molar refractivity (Wildman–Crippen MR) is 50.1 cm³/mol. The Morgan fingerprint density at radius 2 is 1.47 bits per heavy atom. The summed E-state index contributed by atoms with van der Waals surface area (Å²) in [6.07, 6.45) is 0. The third kappa shape index (κ3) is 4.24. The normalized spacial score (nSPS) is 15.9. The van der Waals surface area contributed by atoms with Crippen molar-refractivity contribution in [3.8, 4) is 0 Å². The highest BCUT2D eigenvalue weighted by molar-refractivity contribution is 7.61. The molecule has 0 bridgehead atoms. The van der Waals surface area contributed by atoms with Gasteiger partial charge in [0.15, 0.2) is 0 Å². The molecule has 0 aliphatic heterocycles. The van der Waals surface area contributed by atoms with Crippen molar-refractivity contribution in [2.45, 2.75) is 0 Å². The molecule has 0 saturated heterocycles. The van der Waals surface area contributed by atoms with Crippen molar-refractivity contribution in [2.24, 2.45) is 0 Å². The van der Waals surface area contributed by atoms with E-state index < -0.39 is 15.4 Å². The molecule has 0 fully saturated rings. The zero-order valence-electron chi connectivity index (χ0n) is 7.26. The second-order valence-corrected chi connectivity index (χ2v) is 5.33. The number of benzene rings is 1. The van der Waals surface area contributed by atoms with E-state index in [-0.39, 0.29) is 5.30 Å². The summed E-state index contributed by atoms with van der Waals surface area (Å²) in [6.45, 7) is 0. The summed E-state index contributed by atoms with van der Waals surface area (Å²) in [4.78, 5) is 25.7. The molecule has 84 valence electrons. The topological polar surface area (TPSA) is 113 Å². The van der Waals surface area contributed by atoms with Crippen molar-refractivity contribution in [3.05, 3.63) is 30.3 Å². The van der Waals surface area contributed by atoms with Gasteiger partial charge in [-0.3, -0.25) is 4.57 Å². The highest BCUT2D eigenvalue weighted by atomic mass is 31.2. The number of hydrogen-bond acceptors (Lipinski definition) is 4. The van der Waals surface area contributed by atoms with Gasteiger partial charge in [-0.05, 0) is 12.1 Å². The SMILES string of the molecule is O=P(O)(O)OOP(=O)(O)c1ccccc1.